The molecule has 2 rings (SSSR count). The van der Waals surface area contributed by atoms with Gasteiger partial charge in [-0.1, -0.05) is 41.4 Å². The summed E-state index contributed by atoms with van der Waals surface area (Å²) < 4.78 is 11.2. The van der Waals surface area contributed by atoms with Gasteiger partial charge in [-0.3, -0.25) is 0 Å². The highest BCUT2D eigenvalue weighted by molar-refractivity contribution is 6.31. The predicted molar refractivity (Wildman–Crippen MR) is 86.3 cm³/mol. The molecule has 0 atom stereocenters. The number of benzene rings is 2. The summed E-state index contributed by atoms with van der Waals surface area (Å²) in [6, 6.07) is 11.9. The standard InChI is InChI=1S/C17H20ClNO2/c1-12-5-4-6-13(7-12)11-21-17-9-15(18)14(10-19-2)8-16(17)20-3/h4-9,19H,10-11H2,1-3H3. The van der Waals surface area contributed by atoms with Crippen molar-refractivity contribution in [1.29, 1.82) is 0 Å². The molecule has 0 spiro atoms. The van der Waals surface area contributed by atoms with Crippen LogP contribution in [0.15, 0.2) is 36.4 Å². The fourth-order valence-corrected chi connectivity index (χ4v) is 2.36. The molecule has 112 valence electrons. The molecule has 1 N–H and O–H groups in total. The molecule has 0 amide bonds. The van der Waals surface area contributed by atoms with Crippen molar-refractivity contribution in [2.24, 2.45) is 0 Å². The van der Waals surface area contributed by atoms with Crippen LogP contribution in [0.5, 0.6) is 11.5 Å². The lowest BCUT2D eigenvalue weighted by atomic mass is 10.1. The second-order valence-corrected chi connectivity index (χ2v) is 5.31. The molecule has 0 unspecified atom stereocenters. The Kier molecular flexibility index (Phi) is 5.48. The van der Waals surface area contributed by atoms with E-state index in [0.717, 1.165) is 11.1 Å². The van der Waals surface area contributed by atoms with Crippen molar-refractivity contribution in [1.82, 2.24) is 5.32 Å². The number of hydrogen-bond acceptors (Lipinski definition) is 3. The van der Waals surface area contributed by atoms with Gasteiger partial charge in [0.05, 0.1) is 7.11 Å². The van der Waals surface area contributed by atoms with Crippen LogP contribution in [0.2, 0.25) is 5.02 Å². The summed E-state index contributed by atoms with van der Waals surface area (Å²) in [6.07, 6.45) is 0. The Labute approximate surface area is 130 Å². The molecule has 0 saturated heterocycles. The maximum absolute atomic E-state index is 6.27. The van der Waals surface area contributed by atoms with E-state index in [1.54, 1.807) is 7.11 Å². The average Bonchev–Trinajstić information content (AvgIpc) is 2.47. The molecular weight excluding hydrogens is 286 g/mol. The summed E-state index contributed by atoms with van der Waals surface area (Å²) in [5.41, 5.74) is 3.32. The van der Waals surface area contributed by atoms with Gasteiger partial charge in [0.25, 0.3) is 0 Å². The molecule has 0 heterocycles. The van der Waals surface area contributed by atoms with E-state index in [2.05, 4.69) is 24.4 Å². The quantitative estimate of drug-likeness (QED) is 0.876. The van der Waals surface area contributed by atoms with Crippen molar-refractivity contribution in [2.75, 3.05) is 14.2 Å². The molecule has 0 aliphatic rings. The molecule has 0 aliphatic heterocycles. The summed E-state index contributed by atoms with van der Waals surface area (Å²) in [7, 11) is 3.51. The highest BCUT2D eigenvalue weighted by Gasteiger charge is 2.10. The van der Waals surface area contributed by atoms with E-state index in [0.29, 0.717) is 29.7 Å². The van der Waals surface area contributed by atoms with Gasteiger partial charge >= 0.3 is 0 Å². The van der Waals surface area contributed by atoms with Crippen molar-refractivity contribution in [3.05, 3.63) is 58.1 Å². The van der Waals surface area contributed by atoms with E-state index in [-0.39, 0.29) is 0 Å². The Morgan fingerprint density at radius 2 is 1.95 bits per heavy atom. The zero-order valence-electron chi connectivity index (χ0n) is 12.6. The van der Waals surface area contributed by atoms with Gasteiger partial charge in [0.15, 0.2) is 11.5 Å². The first-order valence-electron chi connectivity index (χ1n) is 6.83. The second-order valence-electron chi connectivity index (χ2n) is 4.90. The molecule has 0 fully saturated rings. The van der Waals surface area contributed by atoms with Gasteiger partial charge in [0.2, 0.25) is 0 Å². The minimum atomic E-state index is 0.486. The van der Waals surface area contributed by atoms with Crippen LogP contribution in [0.4, 0.5) is 0 Å². The molecule has 0 saturated carbocycles. The number of aryl methyl sites for hydroxylation is 1. The van der Waals surface area contributed by atoms with E-state index in [1.807, 2.05) is 31.3 Å². The van der Waals surface area contributed by atoms with E-state index in [4.69, 9.17) is 21.1 Å². The average molecular weight is 306 g/mol. The van der Waals surface area contributed by atoms with Gasteiger partial charge < -0.3 is 14.8 Å². The van der Waals surface area contributed by atoms with Crippen LogP contribution in [0.1, 0.15) is 16.7 Å². The molecule has 3 nitrogen and oxygen atoms in total. The summed E-state index contributed by atoms with van der Waals surface area (Å²) in [4.78, 5) is 0. The molecule has 2 aromatic carbocycles. The third-order valence-corrected chi connectivity index (χ3v) is 3.53. The zero-order chi connectivity index (χ0) is 15.2. The van der Waals surface area contributed by atoms with Crippen LogP contribution in [0, 0.1) is 6.92 Å². The minimum Gasteiger partial charge on any atom is -0.493 e. The second kappa shape index (κ2) is 7.34. The van der Waals surface area contributed by atoms with Gasteiger partial charge in [-0.05, 0) is 31.2 Å². The maximum Gasteiger partial charge on any atom is 0.163 e. The topological polar surface area (TPSA) is 30.5 Å². The third-order valence-electron chi connectivity index (χ3n) is 3.18. The molecule has 0 radical (unpaired) electrons. The van der Waals surface area contributed by atoms with Crippen LogP contribution in [0.3, 0.4) is 0 Å². The third kappa shape index (κ3) is 4.13. The Hall–Kier alpha value is -1.71. The fourth-order valence-electron chi connectivity index (χ4n) is 2.14. The maximum atomic E-state index is 6.27. The van der Waals surface area contributed by atoms with Crippen LogP contribution in [0.25, 0.3) is 0 Å². The summed E-state index contributed by atoms with van der Waals surface area (Å²) in [6.45, 7) is 3.24. The Morgan fingerprint density at radius 3 is 2.62 bits per heavy atom. The van der Waals surface area contributed by atoms with E-state index < -0.39 is 0 Å². The van der Waals surface area contributed by atoms with Crippen LogP contribution in [-0.4, -0.2) is 14.2 Å². The lowest BCUT2D eigenvalue weighted by Crippen LogP contribution is -2.06. The first-order valence-corrected chi connectivity index (χ1v) is 7.21. The Balaban J connectivity index is 2.17. The van der Waals surface area contributed by atoms with Gasteiger partial charge in [-0.15, -0.1) is 0 Å². The summed E-state index contributed by atoms with van der Waals surface area (Å²) in [5.74, 6) is 1.35. The van der Waals surface area contributed by atoms with Crippen LogP contribution in [-0.2, 0) is 13.2 Å². The van der Waals surface area contributed by atoms with Crippen molar-refractivity contribution in [3.63, 3.8) is 0 Å². The predicted octanol–water partition coefficient (Wildman–Crippen LogP) is 3.96. The lowest BCUT2D eigenvalue weighted by molar-refractivity contribution is 0.284. The minimum absolute atomic E-state index is 0.486. The number of nitrogens with one attached hydrogen (secondary N) is 1. The number of halogens is 1. The van der Waals surface area contributed by atoms with Gasteiger partial charge in [-0.25, -0.2) is 0 Å². The van der Waals surface area contributed by atoms with Gasteiger partial charge in [0, 0.05) is 17.6 Å². The Bertz CT molecular complexity index is 614. The van der Waals surface area contributed by atoms with Crippen molar-refractivity contribution >= 4 is 11.6 Å². The van der Waals surface area contributed by atoms with Crippen molar-refractivity contribution < 1.29 is 9.47 Å². The monoisotopic (exact) mass is 305 g/mol. The van der Waals surface area contributed by atoms with Gasteiger partial charge in [0.1, 0.15) is 6.61 Å². The normalized spacial score (nSPS) is 10.5. The molecule has 0 aliphatic carbocycles. The molecule has 0 aromatic heterocycles. The van der Waals surface area contributed by atoms with Crippen molar-refractivity contribution in [2.45, 2.75) is 20.1 Å². The van der Waals surface area contributed by atoms with Crippen LogP contribution < -0.4 is 14.8 Å². The Morgan fingerprint density at radius 1 is 1.14 bits per heavy atom. The first kappa shape index (κ1) is 15.7. The molecule has 4 heteroatoms. The van der Waals surface area contributed by atoms with Crippen molar-refractivity contribution in [3.8, 4) is 11.5 Å². The van der Waals surface area contributed by atoms with E-state index in [1.165, 1.54) is 5.56 Å². The van der Waals surface area contributed by atoms with Gasteiger partial charge in [-0.2, -0.15) is 0 Å². The number of hydrogen-bond donors (Lipinski definition) is 1. The summed E-state index contributed by atoms with van der Waals surface area (Å²) >= 11 is 6.27. The smallest absolute Gasteiger partial charge is 0.163 e. The first-order chi connectivity index (χ1) is 10.1. The molecule has 0 bridgehead atoms. The highest BCUT2D eigenvalue weighted by atomic mass is 35.5. The fraction of sp³-hybridized carbons (Fsp3) is 0.294. The van der Waals surface area contributed by atoms with E-state index >= 15 is 0 Å². The number of rotatable bonds is 6. The molecular formula is C17H20ClNO2. The molecule has 2 aromatic rings. The SMILES string of the molecule is CNCc1cc(OC)c(OCc2cccc(C)c2)cc1Cl. The van der Waals surface area contributed by atoms with Crippen LogP contribution >= 0.6 is 11.6 Å². The molecule has 21 heavy (non-hydrogen) atoms. The number of methoxy groups -OCH3 is 1. The number of ether oxygens (including phenoxy) is 2. The summed E-state index contributed by atoms with van der Waals surface area (Å²) in [5, 5.41) is 3.75. The highest BCUT2D eigenvalue weighted by Crippen LogP contribution is 2.33. The zero-order valence-corrected chi connectivity index (χ0v) is 13.3. The lowest BCUT2D eigenvalue weighted by Gasteiger charge is -2.14. The largest absolute Gasteiger partial charge is 0.493 e. The van der Waals surface area contributed by atoms with E-state index in [9.17, 15) is 0 Å².